The summed E-state index contributed by atoms with van der Waals surface area (Å²) in [6, 6.07) is 7.23. The Kier molecular flexibility index (Phi) is 4.74. The topological polar surface area (TPSA) is 77.6 Å². The first-order chi connectivity index (χ1) is 9.28. The number of aryl methyl sites for hydroxylation is 1. The third-order valence-electron chi connectivity index (χ3n) is 2.33. The lowest BCUT2D eigenvalue weighted by atomic mass is 10.3. The van der Waals surface area contributed by atoms with Gasteiger partial charge in [-0.15, -0.1) is 0 Å². The van der Waals surface area contributed by atoms with E-state index >= 15 is 0 Å². The summed E-state index contributed by atoms with van der Waals surface area (Å²) < 4.78 is 15.8. The normalized spacial score (nSPS) is 10.4. The number of hydrogen-bond donors (Lipinski definition) is 1. The molecular formula is C13H16N2O4. The summed E-state index contributed by atoms with van der Waals surface area (Å²) >= 11 is 0. The van der Waals surface area contributed by atoms with E-state index < -0.39 is 0 Å². The van der Waals surface area contributed by atoms with Gasteiger partial charge in [0.05, 0.1) is 6.61 Å². The van der Waals surface area contributed by atoms with Crippen LogP contribution in [-0.2, 0) is 6.61 Å². The molecule has 1 heterocycles. The summed E-state index contributed by atoms with van der Waals surface area (Å²) in [5.41, 5.74) is 0. The van der Waals surface area contributed by atoms with Crippen LogP contribution in [0, 0.1) is 6.92 Å². The fraction of sp³-hybridized carbons (Fsp3) is 0.385. The van der Waals surface area contributed by atoms with Crippen LogP contribution < -0.4 is 9.47 Å². The highest BCUT2D eigenvalue weighted by Crippen LogP contribution is 2.18. The van der Waals surface area contributed by atoms with Crippen molar-refractivity contribution in [3.63, 3.8) is 0 Å². The lowest BCUT2D eigenvalue weighted by Gasteiger charge is -2.06. The van der Waals surface area contributed by atoms with Crippen molar-refractivity contribution in [1.82, 2.24) is 10.1 Å². The second kappa shape index (κ2) is 6.75. The fourth-order valence-corrected chi connectivity index (χ4v) is 1.43. The van der Waals surface area contributed by atoms with Gasteiger partial charge in [-0.3, -0.25) is 0 Å². The molecule has 0 radical (unpaired) electrons. The Morgan fingerprint density at radius 2 is 1.84 bits per heavy atom. The van der Waals surface area contributed by atoms with E-state index in [2.05, 4.69) is 10.1 Å². The lowest BCUT2D eigenvalue weighted by Crippen LogP contribution is -2.00. The molecule has 1 aromatic heterocycles. The lowest BCUT2D eigenvalue weighted by molar-refractivity contribution is 0.232. The predicted octanol–water partition coefficient (Wildman–Crippen LogP) is 1.72. The van der Waals surface area contributed by atoms with Crippen molar-refractivity contribution in [1.29, 1.82) is 0 Å². The Bertz CT molecular complexity index is 496. The molecule has 6 heteroatoms. The minimum atomic E-state index is 0.130. The van der Waals surface area contributed by atoms with Crippen LogP contribution in [0.4, 0.5) is 0 Å². The van der Waals surface area contributed by atoms with Gasteiger partial charge in [-0.25, -0.2) is 0 Å². The van der Waals surface area contributed by atoms with E-state index in [9.17, 15) is 0 Å². The molecule has 0 atom stereocenters. The van der Waals surface area contributed by atoms with E-state index in [0.29, 0.717) is 30.5 Å². The standard InChI is InChI=1S/C13H16N2O4/c1-10-14-13(19-15-10)9-18-12-5-3-11(4-6-12)17-8-2-7-16/h3-6,16H,2,7-9H2,1H3. The molecule has 19 heavy (non-hydrogen) atoms. The number of aliphatic hydroxyl groups excluding tert-OH is 1. The summed E-state index contributed by atoms with van der Waals surface area (Å²) in [6.45, 7) is 2.62. The first-order valence-electron chi connectivity index (χ1n) is 6.03. The summed E-state index contributed by atoms with van der Waals surface area (Å²) in [7, 11) is 0. The third kappa shape index (κ3) is 4.26. The van der Waals surface area contributed by atoms with Crippen molar-refractivity contribution in [3.8, 4) is 11.5 Å². The highest BCUT2D eigenvalue weighted by Gasteiger charge is 2.03. The van der Waals surface area contributed by atoms with Gasteiger partial charge in [-0.05, 0) is 31.2 Å². The molecule has 0 saturated heterocycles. The van der Waals surface area contributed by atoms with E-state index in [0.717, 1.165) is 5.75 Å². The number of ether oxygens (including phenoxy) is 2. The molecule has 0 aliphatic rings. The van der Waals surface area contributed by atoms with Crippen molar-refractivity contribution >= 4 is 0 Å². The first-order valence-corrected chi connectivity index (χ1v) is 6.03. The molecule has 6 nitrogen and oxygen atoms in total. The maximum Gasteiger partial charge on any atom is 0.264 e. The van der Waals surface area contributed by atoms with Gasteiger partial charge in [0.25, 0.3) is 5.89 Å². The monoisotopic (exact) mass is 264 g/mol. The molecule has 0 bridgehead atoms. The molecule has 102 valence electrons. The average molecular weight is 264 g/mol. The number of aliphatic hydroxyl groups is 1. The molecular weight excluding hydrogens is 248 g/mol. The van der Waals surface area contributed by atoms with Crippen LogP contribution in [0.2, 0.25) is 0 Å². The van der Waals surface area contributed by atoms with Crippen LogP contribution in [0.5, 0.6) is 11.5 Å². The van der Waals surface area contributed by atoms with Gasteiger partial charge in [0.2, 0.25) is 0 Å². The van der Waals surface area contributed by atoms with Gasteiger partial charge in [0.1, 0.15) is 11.5 Å². The SMILES string of the molecule is Cc1noc(COc2ccc(OCCCO)cc2)n1. The first kappa shape index (κ1) is 13.4. The Morgan fingerprint density at radius 3 is 2.42 bits per heavy atom. The Hall–Kier alpha value is -2.08. The van der Waals surface area contributed by atoms with Crippen molar-refractivity contribution in [2.45, 2.75) is 20.0 Å². The van der Waals surface area contributed by atoms with E-state index in [1.165, 1.54) is 0 Å². The highest BCUT2D eigenvalue weighted by atomic mass is 16.5. The van der Waals surface area contributed by atoms with Crippen molar-refractivity contribution < 1.29 is 19.1 Å². The summed E-state index contributed by atoms with van der Waals surface area (Å²) in [4.78, 5) is 4.04. The van der Waals surface area contributed by atoms with Gasteiger partial charge in [0, 0.05) is 13.0 Å². The van der Waals surface area contributed by atoms with Gasteiger partial charge in [0.15, 0.2) is 12.4 Å². The average Bonchev–Trinajstić information content (AvgIpc) is 2.84. The number of nitrogens with zero attached hydrogens (tertiary/aromatic N) is 2. The van der Waals surface area contributed by atoms with Gasteiger partial charge in [-0.2, -0.15) is 4.98 Å². The second-order valence-corrected chi connectivity index (χ2v) is 3.92. The van der Waals surface area contributed by atoms with Crippen LogP contribution in [0.3, 0.4) is 0 Å². The minimum absolute atomic E-state index is 0.130. The van der Waals surface area contributed by atoms with Crippen LogP contribution in [0.1, 0.15) is 18.1 Å². The van der Waals surface area contributed by atoms with Gasteiger partial charge < -0.3 is 19.1 Å². The number of benzene rings is 1. The highest BCUT2D eigenvalue weighted by molar-refractivity contribution is 5.31. The zero-order valence-corrected chi connectivity index (χ0v) is 10.7. The molecule has 0 aliphatic heterocycles. The van der Waals surface area contributed by atoms with Crippen LogP contribution in [0.25, 0.3) is 0 Å². The Labute approximate surface area is 111 Å². The predicted molar refractivity (Wildman–Crippen MR) is 67.0 cm³/mol. The van der Waals surface area contributed by atoms with E-state index in [1.807, 2.05) is 12.1 Å². The van der Waals surface area contributed by atoms with Crippen molar-refractivity contribution in [3.05, 3.63) is 36.0 Å². The van der Waals surface area contributed by atoms with Gasteiger partial charge in [-0.1, -0.05) is 5.16 Å². The van der Waals surface area contributed by atoms with E-state index in [1.54, 1.807) is 19.1 Å². The largest absolute Gasteiger partial charge is 0.494 e. The summed E-state index contributed by atoms with van der Waals surface area (Å²) in [5, 5.41) is 12.3. The zero-order valence-electron chi connectivity index (χ0n) is 10.7. The Morgan fingerprint density at radius 1 is 1.16 bits per heavy atom. The van der Waals surface area contributed by atoms with Crippen LogP contribution in [0.15, 0.2) is 28.8 Å². The van der Waals surface area contributed by atoms with Crippen LogP contribution in [-0.4, -0.2) is 28.5 Å². The molecule has 2 rings (SSSR count). The van der Waals surface area contributed by atoms with Crippen molar-refractivity contribution in [2.75, 3.05) is 13.2 Å². The third-order valence-corrected chi connectivity index (χ3v) is 2.33. The molecule has 0 amide bonds. The maximum atomic E-state index is 8.65. The molecule has 0 unspecified atom stereocenters. The van der Waals surface area contributed by atoms with Gasteiger partial charge >= 0.3 is 0 Å². The molecule has 0 saturated carbocycles. The molecule has 0 aliphatic carbocycles. The smallest absolute Gasteiger partial charge is 0.264 e. The molecule has 1 N–H and O–H groups in total. The number of hydrogen-bond acceptors (Lipinski definition) is 6. The molecule has 2 aromatic rings. The summed E-state index contributed by atoms with van der Waals surface area (Å²) in [5.74, 6) is 2.48. The van der Waals surface area contributed by atoms with Crippen LogP contribution >= 0.6 is 0 Å². The van der Waals surface area contributed by atoms with Crippen molar-refractivity contribution in [2.24, 2.45) is 0 Å². The minimum Gasteiger partial charge on any atom is -0.494 e. The molecule has 0 fully saturated rings. The quantitative estimate of drug-likeness (QED) is 0.767. The number of rotatable bonds is 7. The zero-order chi connectivity index (χ0) is 13.5. The van der Waals surface area contributed by atoms with E-state index in [-0.39, 0.29) is 13.2 Å². The molecule has 1 aromatic carbocycles. The molecule has 0 spiro atoms. The fourth-order valence-electron chi connectivity index (χ4n) is 1.43. The number of aromatic nitrogens is 2. The summed E-state index contributed by atoms with van der Waals surface area (Å²) in [6.07, 6.45) is 0.620. The van der Waals surface area contributed by atoms with E-state index in [4.69, 9.17) is 19.1 Å². The Balaban J connectivity index is 1.81. The maximum absolute atomic E-state index is 8.65. The second-order valence-electron chi connectivity index (χ2n) is 3.92.